The molecule has 0 aliphatic carbocycles. The minimum absolute atomic E-state index is 0.530. The quantitative estimate of drug-likeness (QED) is 0.575. The van der Waals surface area contributed by atoms with Gasteiger partial charge >= 0.3 is 0 Å². The highest BCUT2D eigenvalue weighted by atomic mass is 32.2. The van der Waals surface area contributed by atoms with Crippen molar-refractivity contribution >= 4 is 33.2 Å². The van der Waals surface area contributed by atoms with E-state index < -0.39 is 0 Å². The Balaban J connectivity index is 1.43. The molecule has 4 rings (SSSR count). The van der Waals surface area contributed by atoms with Crippen LogP contribution in [0, 0.1) is 0 Å². The van der Waals surface area contributed by atoms with Crippen LogP contribution < -0.4 is 19.5 Å². The summed E-state index contributed by atoms with van der Waals surface area (Å²) in [5.41, 5.74) is 2.57. The molecule has 1 aliphatic heterocycles. The maximum absolute atomic E-state index is 6.15. The summed E-state index contributed by atoms with van der Waals surface area (Å²) in [6.45, 7) is 1.74. The molecule has 2 heterocycles. The van der Waals surface area contributed by atoms with Gasteiger partial charge in [0, 0.05) is 28.8 Å². The summed E-state index contributed by atoms with van der Waals surface area (Å²) in [4.78, 5) is 0. The molecule has 6 heteroatoms. The number of ether oxygens (including phenoxy) is 3. The molecule has 0 saturated carbocycles. The van der Waals surface area contributed by atoms with Crippen LogP contribution in [0.5, 0.6) is 17.2 Å². The standard InChI is InChI=1S/C22H25NO3S2/c1-24-19-5-3-15(13-20(19)25-2)7-10-26-18-6-4-16(14-21-23-9-12-27-21)22-17(18)8-11-28-22/h3-6,8,11,13,21,23H,7,9-10,12,14H2,1-2H3. The maximum Gasteiger partial charge on any atom is 0.160 e. The number of hydrogen-bond donors (Lipinski definition) is 1. The number of thiophene rings is 1. The Morgan fingerprint density at radius 3 is 2.68 bits per heavy atom. The van der Waals surface area contributed by atoms with Gasteiger partial charge in [-0.2, -0.15) is 0 Å². The number of rotatable bonds is 8. The summed E-state index contributed by atoms with van der Waals surface area (Å²) in [5, 5.41) is 7.47. The molecule has 148 valence electrons. The first kappa shape index (κ1) is 19.4. The third-order valence-electron chi connectivity index (χ3n) is 4.95. The van der Waals surface area contributed by atoms with Crippen molar-refractivity contribution in [2.75, 3.05) is 33.1 Å². The van der Waals surface area contributed by atoms with E-state index in [1.165, 1.54) is 27.0 Å². The SMILES string of the molecule is COc1ccc(CCOc2ccc(CC3NCCS3)c3sccc23)cc1OC. The van der Waals surface area contributed by atoms with Crippen molar-refractivity contribution in [3.05, 3.63) is 52.9 Å². The summed E-state index contributed by atoms with van der Waals surface area (Å²) >= 11 is 3.82. The van der Waals surface area contributed by atoms with Crippen LogP contribution in [0.25, 0.3) is 10.1 Å². The van der Waals surface area contributed by atoms with Crippen molar-refractivity contribution in [1.82, 2.24) is 5.32 Å². The molecule has 1 N–H and O–H groups in total. The number of fused-ring (bicyclic) bond motifs is 1. The summed E-state index contributed by atoms with van der Waals surface area (Å²) < 4.78 is 18.2. The van der Waals surface area contributed by atoms with Crippen LogP contribution in [0.4, 0.5) is 0 Å². The summed E-state index contributed by atoms with van der Waals surface area (Å²) in [5.74, 6) is 3.67. The van der Waals surface area contributed by atoms with Crippen LogP contribution in [0.1, 0.15) is 11.1 Å². The largest absolute Gasteiger partial charge is 0.493 e. The molecule has 1 fully saturated rings. The third-order valence-corrected chi connectivity index (χ3v) is 7.12. The first-order chi connectivity index (χ1) is 13.8. The predicted octanol–water partition coefficient (Wildman–Crippen LogP) is 4.75. The number of benzene rings is 2. The van der Waals surface area contributed by atoms with Crippen LogP contribution in [0.15, 0.2) is 41.8 Å². The minimum atomic E-state index is 0.530. The second-order valence-corrected chi connectivity index (χ2v) is 8.92. The second kappa shape index (κ2) is 9.07. The minimum Gasteiger partial charge on any atom is -0.493 e. The van der Waals surface area contributed by atoms with Crippen LogP contribution in [0.2, 0.25) is 0 Å². The molecule has 1 aromatic heterocycles. The van der Waals surface area contributed by atoms with Crippen molar-refractivity contribution in [3.8, 4) is 17.2 Å². The van der Waals surface area contributed by atoms with Gasteiger partial charge in [-0.1, -0.05) is 12.1 Å². The highest BCUT2D eigenvalue weighted by Crippen LogP contribution is 2.35. The van der Waals surface area contributed by atoms with Crippen molar-refractivity contribution < 1.29 is 14.2 Å². The number of nitrogens with one attached hydrogen (secondary N) is 1. The van der Waals surface area contributed by atoms with E-state index in [0.29, 0.717) is 12.0 Å². The molecule has 1 aliphatic rings. The van der Waals surface area contributed by atoms with Gasteiger partial charge < -0.3 is 19.5 Å². The topological polar surface area (TPSA) is 39.7 Å². The predicted molar refractivity (Wildman–Crippen MR) is 119 cm³/mol. The third kappa shape index (κ3) is 4.24. The molecule has 0 amide bonds. The second-order valence-electron chi connectivity index (χ2n) is 6.69. The Labute approximate surface area is 174 Å². The Hall–Kier alpha value is -1.89. The van der Waals surface area contributed by atoms with Crippen LogP contribution >= 0.6 is 23.1 Å². The van der Waals surface area contributed by atoms with Crippen molar-refractivity contribution in [3.63, 3.8) is 0 Å². The lowest BCUT2D eigenvalue weighted by Crippen LogP contribution is -2.21. The van der Waals surface area contributed by atoms with E-state index in [1.807, 2.05) is 23.9 Å². The zero-order chi connectivity index (χ0) is 19.3. The molecule has 0 spiro atoms. The van der Waals surface area contributed by atoms with Crippen molar-refractivity contribution in [2.24, 2.45) is 0 Å². The summed E-state index contributed by atoms with van der Waals surface area (Å²) in [7, 11) is 3.31. The van der Waals surface area contributed by atoms with E-state index in [1.54, 1.807) is 25.6 Å². The highest BCUT2D eigenvalue weighted by Gasteiger charge is 2.17. The first-order valence-corrected chi connectivity index (χ1v) is 11.4. The van der Waals surface area contributed by atoms with Gasteiger partial charge in [-0.25, -0.2) is 0 Å². The molecule has 28 heavy (non-hydrogen) atoms. The summed E-state index contributed by atoms with van der Waals surface area (Å²) in [6.07, 6.45) is 1.88. The number of hydrogen-bond acceptors (Lipinski definition) is 6. The van der Waals surface area contributed by atoms with Crippen molar-refractivity contribution in [1.29, 1.82) is 0 Å². The zero-order valence-corrected chi connectivity index (χ0v) is 17.8. The fourth-order valence-corrected chi connectivity index (χ4v) is 5.50. The van der Waals surface area contributed by atoms with Gasteiger partial charge in [0.1, 0.15) is 5.75 Å². The number of thioether (sulfide) groups is 1. The lowest BCUT2D eigenvalue weighted by Gasteiger charge is -2.13. The van der Waals surface area contributed by atoms with Crippen LogP contribution in [0.3, 0.4) is 0 Å². The molecule has 3 aromatic rings. The van der Waals surface area contributed by atoms with Gasteiger partial charge in [-0.15, -0.1) is 23.1 Å². The molecule has 1 unspecified atom stereocenters. The Kier molecular flexibility index (Phi) is 6.29. The van der Waals surface area contributed by atoms with Crippen molar-refractivity contribution in [2.45, 2.75) is 18.2 Å². The van der Waals surface area contributed by atoms with E-state index in [9.17, 15) is 0 Å². The molecule has 1 atom stereocenters. The van der Waals surface area contributed by atoms with Gasteiger partial charge in [0.05, 0.1) is 26.2 Å². The van der Waals surface area contributed by atoms with E-state index in [2.05, 4.69) is 35.0 Å². The number of methoxy groups -OCH3 is 2. The monoisotopic (exact) mass is 415 g/mol. The van der Waals surface area contributed by atoms with E-state index in [-0.39, 0.29) is 0 Å². The molecular weight excluding hydrogens is 390 g/mol. The van der Waals surface area contributed by atoms with Gasteiger partial charge in [-0.3, -0.25) is 0 Å². The maximum atomic E-state index is 6.15. The molecule has 2 aromatic carbocycles. The van der Waals surface area contributed by atoms with E-state index >= 15 is 0 Å². The summed E-state index contributed by atoms with van der Waals surface area (Å²) in [6, 6.07) is 12.5. The molecule has 0 radical (unpaired) electrons. The average molecular weight is 416 g/mol. The normalized spacial score (nSPS) is 16.4. The van der Waals surface area contributed by atoms with Gasteiger partial charge in [0.25, 0.3) is 0 Å². The van der Waals surface area contributed by atoms with Crippen LogP contribution in [-0.2, 0) is 12.8 Å². The molecule has 0 bridgehead atoms. The van der Waals surface area contributed by atoms with Gasteiger partial charge in [0.15, 0.2) is 11.5 Å². The van der Waals surface area contributed by atoms with E-state index in [0.717, 1.165) is 36.6 Å². The zero-order valence-electron chi connectivity index (χ0n) is 16.2. The Morgan fingerprint density at radius 2 is 1.89 bits per heavy atom. The molecular formula is C22H25NO3S2. The fraction of sp³-hybridized carbons (Fsp3) is 0.364. The van der Waals surface area contributed by atoms with Gasteiger partial charge in [0.2, 0.25) is 0 Å². The molecule has 4 nitrogen and oxygen atoms in total. The van der Waals surface area contributed by atoms with Crippen LogP contribution in [-0.4, -0.2) is 38.5 Å². The molecule has 1 saturated heterocycles. The fourth-order valence-electron chi connectivity index (χ4n) is 3.51. The lowest BCUT2D eigenvalue weighted by molar-refractivity contribution is 0.324. The smallest absolute Gasteiger partial charge is 0.160 e. The van der Waals surface area contributed by atoms with Gasteiger partial charge in [-0.05, 0) is 47.2 Å². The highest BCUT2D eigenvalue weighted by molar-refractivity contribution is 8.00. The lowest BCUT2D eigenvalue weighted by atomic mass is 10.1. The Morgan fingerprint density at radius 1 is 1.04 bits per heavy atom. The first-order valence-electron chi connectivity index (χ1n) is 9.46. The average Bonchev–Trinajstić information content (AvgIpc) is 3.41. The Bertz CT molecular complexity index is 935. The van der Waals surface area contributed by atoms with E-state index in [4.69, 9.17) is 14.2 Å².